The van der Waals surface area contributed by atoms with Crippen LogP contribution >= 0.6 is 23.2 Å². The summed E-state index contributed by atoms with van der Waals surface area (Å²) in [6.07, 6.45) is 0.719. The molecule has 1 aromatic heterocycles. The highest BCUT2D eigenvalue weighted by molar-refractivity contribution is 6.35. The SMILES string of the molecule is CCc1c(Cl)cc(OCC(C)(C)O)nc1Cl. The van der Waals surface area contributed by atoms with Gasteiger partial charge in [0, 0.05) is 11.6 Å². The first-order valence-electron chi connectivity index (χ1n) is 5.03. The summed E-state index contributed by atoms with van der Waals surface area (Å²) < 4.78 is 5.30. The van der Waals surface area contributed by atoms with E-state index in [1.807, 2.05) is 6.92 Å². The van der Waals surface area contributed by atoms with Crippen LogP contribution in [0.5, 0.6) is 5.88 Å². The van der Waals surface area contributed by atoms with Crippen molar-refractivity contribution < 1.29 is 9.84 Å². The Kier molecular flexibility index (Phi) is 4.42. The van der Waals surface area contributed by atoms with Gasteiger partial charge in [0.1, 0.15) is 11.8 Å². The van der Waals surface area contributed by atoms with Crippen LogP contribution in [0.2, 0.25) is 10.2 Å². The summed E-state index contributed by atoms with van der Waals surface area (Å²) in [5, 5.41) is 10.4. The van der Waals surface area contributed by atoms with Crippen molar-refractivity contribution in [3.63, 3.8) is 0 Å². The maximum Gasteiger partial charge on any atom is 0.216 e. The van der Waals surface area contributed by atoms with Crippen LogP contribution in [0.1, 0.15) is 26.3 Å². The molecule has 0 aromatic carbocycles. The third-order valence-corrected chi connectivity index (χ3v) is 2.57. The minimum atomic E-state index is -0.913. The van der Waals surface area contributed by atoms with Gasteiger partial charge in [0.15, 0.2) is 0 Å². The molecule has 0 saturated carbocycles. The van der Waals surface area contributed by atoms with Crippen molar-refractivity contribution in [2.24, 2.45) is 0 Å². The van der Waals surface area contributed by atoms with E-state index < -0.39 is 5.60 Å². The first-order valence-corrected chi connectivity index (χ1v) is 5.79. The van der Waals surface area contributed by atoms with Crippen LogP contribution < -0.4 is 4.74 Å². The van der Waals surface area contributed by atoms with Crippen molar-refractivity contribution in [1.82, 2.24) is 4.98 Å². The Hall–Kier alpha value is -0.510. The molecule has 0 spiro atoms. The normalized spacial score (nSPS) is 11.6. The van der Waals surface area contributed by atoms with Crippen molar-refractivity contribution in [2.75, 3.05) is 6.61 Å². The Labute approximate surface area is 105 Å². The first-order chi connectivity index (χ1) is 7.33. The quantitative estimate of drug-likeness (QED) is 0.849. The molecular formula is C11H15Cl2NO2. The third kappa shape index (κ3) is 3.81. The standard InChI is InChI=1S/C11H15Cl2NO2/c1-4-7-8(12)5-9(14-10(7)13)16-6-11(2,3)15/h5,15H,4,6H2,1-3H3. The molecule has 0 aliphatic carbocycles. The number of nitrogens with zero attached hydrogens (tertiary/aromatic N) is 1. The first kappa shape index (κ1) is 13.6. The zero-order valence-corrected chi connectivity index (χ0v) is 11.1. The maximum atomic E-state index is 9.50. The number of halogens is 2. The Morgan fingerprint density at radius 3 is 2.50 bits per heavy atom. The van der Waals surface area contributed by atoms with Gasteiger partial charge in [0.05, 0.1) is 10.6 Å². The number of ether oxygens (including phenoxy) is 1. The third-order valence-electron chi connectivity index (χ3n) is 1.92. The largest absolute Gasteiger partial charge is 0.475 e. The average molecular weight is 264 g/mol. The lowest BCUT2D eigenvalue weighted by atomic mass is 10.2. The van der Waals surface area contributed by atoms with Crippen LogP contribution in [0.25, 0.3) is 0 Å². The molecule has 0 amide bonds. The van der Waals surface area contributed by atoms with Crippen molar-refractivity contribution in [2.45, 2.75) is 32.8 Å². The molecule has 5 heteroatoms. The summed E-state index contributed by atoms with van der Waals surface area (Å²) in [6, 6.07) is 1.61. The zero-order chi connectivity index (χ0) is 12.3. The lowest BCUT2D eigenvalue weighted by Gasteiger charge is -2.17. The second kappa shape index (κ2) is 5.21. The van der Waals surface area contributed by atoms with Gasteiger partial charge in [-0.25, -0.2) is 4.98 Å². The van der Waals surface area contributed by atoms with E-state index in [9.17, 15) is 5.11 Å². The minimum absolute atomic E-state index is 0.137. The van der Waals surface area contributed by atoms with E-state index in [-0.39, 0.29) is 6.61 Å². The van der Waals surface area contributed by atoms with Gasteiger partial charge >= 0.3 is 0 Å². The fourth-order valence-electron chi connectivity index (χ4n) is 1.13. The number of pyridine rings is 1. The van der Waals surface area contributed by atoms with E-state index in [0.29, 0.717) is 16.1 Å². The van der Waals surface area contributed by atoms with Gasteiger partial charge in [0.2, 0.25) is 5.88 Å². The van der Waals surface area contributed by atoms with Crippen LogP contribution in [-0.4, -0.2) is 22.3 Å². The second-order valence-electron chi connectivity index (χ2n) is 4.17. The lowest BCUT2D eigenvalue weighted by Crippen LogP contribution is -2.28. The molecule has 0 atom stereocenters. The fraction of sp³-hybridized carbons (Fsp3) is 0.545. The molecule has 1 N–H and O–H groups in total. The van der Waals surface area contributed by atoms with Crippen LogP contribution in [-0.2, 0) is 6.42 Å². The average Bonchev–Trinajstić information content (AvgIpc) is 2.13. The highest BCUT2D eigenvalue weighted by Gasteiger charge is 2.15. The van der Waals surface area contributed by atoms with E-state index in [4.69, 9.17) is 27.9 Å². The lowest BCUT2D eigenvalue weighted by molar-refractivity contribution is 0.0268. The summed E-state index contributed by atoms with van der Waals surface area (Å²) >= 11 is 12.0. The number of aromatic nitrogens is 1. The molecule has 0 fully saturated rings. The van der Waals surface area contributed by atoms with Crippen molar-refractivity contribution in [1.29, 1.82) is 0 Å². The predicted octanol–water partition coefficient (Wildman–Crippen LogP) is 3.10. The van der Waals surface area contributed by atoms with E-state index >= 15 is 0 Å². The molecule has 1 rings (SSSR count). The monoisotopic (exact) mass is 263 g/mol. The molecule has 0 unspecified atom stereocenters. The zero-order valence-electron chi connectivity index (χ0n) is 9.55. The van der Waals surface area contributed by atoms with Crippen LogP contribution in [0.15, 0.2) is 6.07 Å². The highest BCUT2D eigenvalue weighted by atomic mass is 35.5. The molecule has 0 aliphatic heterocycles. The predicted molar refractivity (Wildman–Crippen MR) is 65.4 cm³/mol. The van der Waals surface area contributed by atoms with Gasteiger partial charge in [-0.05, 0) is 20.3 Å². The molecule has 0 saturated heterocycles. The number of rotatable bonds is 4. The van der Waals surface area contributed by atoms with E-state index in [0.717, 1.165) is 12.0 Å². The molecule has 3 nitrogen and oxygen atoms in total. The Balaban J connectivity index is 2.84. The van der Waals surface area contributed by atoms with Gasteiger partial charge in [-0.2, -0.15) is 0 Å². The van der Waals surface area contributed by atoms with Gasteiger partial charge in [0.25, 0.3) is 0 Å². The number of hydrogen-bond donors (Lipinski definition) is 1. The molecule has 90 valence electrons. The van der Waals surface area contributed by atoms with Gasteiger partial charge in [-0.15, -0.1) is 0 Å². The Morgan fingerprint density at radius 1 is 1.44 bits per heavy atom. The van der Waals surface area contributed by atoms with Crippen molar-refractivity contribution in [3.8, 4) is 5.88 Å². The molecule has 0 aliphatic rings. The molecule has 1 aromatic rings. The molecule has 1 heterocycles. The minimum Gasteiger partial charge on any atom is -0.475 e. The second-order valence-corrected chi connectivity index (χ2v) is 4.93. The van der Waals surface area contributed by atoms with Gasteiger partial charge < -0.3 is 9.84 Å². The van der Waals surface area contributed by atoms with Gasteiger partial charge in [-0.3, -0.25) is 0 Å². The smallest absolute Gasteiger partial charge is 0.216 e. The summed E-state index contributed by atoms with van der Waals surface area (Å²) in [5.74, 6) is 0.328. The van der Waals surface area contributed by atoms with E-state index in [1.165, 1.54) is 0 Å². The molecule has 16 heavy (non-hydrogen) atoms. The molecule has 0 radical (unpaired) electrons. The topological polar surface area (TPSA) is 42.4 Å². The summed E-state index contributed by atoms with van der Waals surface area (Å²) in [7, 11) is 0. The van der Waals surface area contributed by atoms with E-state index in [1.54, 1.807) is 19.9 Å². The van der Waals surface area contributed by atoms with Crippen LogP contribution in [0.4, 0.5) is 0 Å². The van der Waals surface area contributed by atoms with Crippen LogP contribution in [0, 0.1) is 0 Å². The van der Waals surface area contributed by atoms with E-state index in [2.05, 4.69) is 4.98 Å². The number of aliphatic hydroxyl groups is 1. The van der Waals surface area contributed by atoms with Crippen molar-refractivity contribution >= 4 is 23.2 Å². The highest BCUT2D eigenvalue weighted by Crippen LogP contribution is 2.27. The van der Waals surface area contributed by atoms with Crippen molar-refractivity contribution in [3.05, 3.63) is 21.8 Å². The molecular weight excluding hydrogens is 249 g/mol. The summed E-state index contributed by atoms with van der Waals surface area (Å²) in [4.78, 5) is 4.06. The molecule has 0 bridgehead atoms. The Morgan fingerprint density at radius 2 is 2.06 bits per heavy atom. The van der Waals surface area contributed by atoms with Crippen LogP contribution in [0.3, 0.4) is 0 Å². The fourth-order valence-corrected chi connectivity index (χ4v) is 1.81. The van der Waals surface area contributed by atoms with Gasteiger partial charge in [-0.1, -0.05) is 30.1 Å². The summed E-state index contributed by atoms with van der Waals surface area (Å²) in [5.41, 5.74) is -0.108. The summed E-state index contributed by atoms with van der Waals surface area (Å²) in [6.45, 7) is 5.39. The maximum absolute atomic E-state index is 9.50. The Bertz CT molecular complexity index is 352. The number of hydrogen-bond acceptors (Lipinski definition) is 3.